The molecule has 1 heterocycles. The first kappa shape index (κ1) is 16.2. The van der Waals surface area contributed by atoms with E-state index in [1.165, 1.54) is 11.3 Å². The zero-order valence-corrected chi connectivity index (χ0v) is 14.3. The maximum atomic E-state index is 5.39. The lowest BCUT2D eigenvalue weighted by molar-refractivity contribution is 0.295. The minimum atomic E-state index is 0.549. The molecule has 1 aliphatic heterocycles. The lowest BCUT2D eigenvalue weighted by Gasteiger charge is -2.45. The molecule has 1 aromatic rings. The van der Waals surface area contributed by atoms with Gasteiger partial charge in [-0.1, -0.05) is 27.7 Å². The number of rotatable bonds is 4. The van der Waals surface area contributed by atoms with Crippen LogP contribution in [0.25, 0.3) is 0 Å². The molecule has 0 radical (unpaired) electrons. The molecule has 0 spiro atoms. The Kier molecular flexibility index (Phi) is 5.15. The number of anilines is 1. The van der Waals surface area contributed by atoms with Gasteiger partial charge in [0.2, 0.25) is 0 Å². The molecule has 2 rings (SSSR count). The smallest absolute Gasteiger partial charge is 0.121 e. The second kappa shape index (κ2) is 6.69. The molecule has 1 aliphatic rings. The highest BCUT2D eigenvalue weighted by Crippen LogP contribution is 2.29. The number of piperazine rings is 1. The van der Waals surface area contributed by atoms with Crippen molar-refractivity contribution in [3.8, 4) is 5.75 Å². The van der Waals surface area contributed by atoms with Crippen molar-refractivity contribution in [2.75, 3.05) is 25.1 Å². The van der Waals surface area contributed by atoms with E-state index in [9.17, 15) is 0 Å². The van der Waals surface area contributed by atoms with Crippen LogP contribution in [0.5, 0.6) is 5.75 Å². The molecule has 0 aliphatic carbocycles. The Labute approximate surface area is 129 Å². The van der Waals surface area contributed by atoms with Crippen LogP contribution < -0.4 is 15.0 Å². The van der Waals surface area contributed by atoms with Gasteiger partial charge in [-0.05, 0) is 42.5 Å². The Morgan fingerprint density at radius 1 is 1.19 bits per heavy atom. The molecular weight excluding hydrogens is 260 g/mol. The number of aryl methyl sites for hydroxylation is 1. The predicted octanol–water partition coefficient (Wildman–Crippen LogP) is 3.46. The standard InChI is InChI=1S/C18H30N2O/c1-12(2)16-11-20(17(10-19-16)13(3)4)15-7-8-18(21-6)14(5)9-15/h7-9,12-13,16-17,19H,10-11H2,1-6H3. The molecule has 1 N–H and O–H groups in total. The van der Waals surface area contributed by atoms with Gasteiger partial charge in [0, 0.05) is 30.9 Å². The Bertz CT molecular complexity index is 470. The molecule has 0 saturated carbocycles. The summed E-state index contributed by atoms with van der Waals surface area (Å²) in [5.74, 6) is 2.25. The van der Waals surface area contributed by atoms with Crippen molar-refractivity contribution < 1.29 is 4.74 Å². The highest BCUT2D eigenvalue weighted by molar-refractivity contribution is 5.54. The van der Waals surface area contributed by atoms with Crippen LogP contribution in [-0.2, 0) is 0 Å². The molecule has 2 unspecified atom stereocenters. The SMILES string of the molecule is COc1ccc(N2CC(C(C)C)NCC2C(C)C)cc1C. The van der Waals surface area contributed by atoms with E-state index >= 15 is 0 Å². The van der Waals surface area contributed by atoms with Gasteiger partial charge in [-0.3, -0.25) is 0 Å². The lowest BCUT2D eigenvalue weighted by atomic mass is 9.93. The first-order valence-corrected chi connectivity index (χ1v) is 8.08. The quantitative estimate of drug-likeness (QED) is 0.919. The van der Waals surface area contributed by atoms with Crippen LogP contribution in [-0.4, -0.2) is 32.3 Å². The van der Waals surface area contributed by atoms with Crippen LogP contribution in [0.2, 0.25) is 0 Å². The Morgan fingerprint density at radius 2 is 1.90 bits per heavy atom. The third kappa shape index (κ3) is 3.52. The molecule has 1 fully saturated rings. The van der Waals surface area contributed by atoms with E-state index in [-0.39, 0.29) is 0 Å². The topological polar surface area (TPSA) is 24.5 Å². The fraction of sp³-hybridized carbons (Fsp3) is 0.667. The number of benzene rings is 1. The fourth-order valence-electron chi connectivity index (χ4n) is 3.17. The van der Waals surface area contributed by atoms with Crippen molar-refractivity contribution in [2.24, 2.45) is 11.8 Å². The molecule has 1 aromatic carbocycles. The maximum Gasteiger partial charge on any atom is 0.121 e. The molecule has 21 heavy (non-hydrogen) atoms. The Morgan fingerprint density at radius 3 is 2.43 bits per heavy atom. The van der Waals surface area contributed by atoms with Gasteiger partial charge in [0.1, 0.15) is 5.75 Å². The molecule has 0 amide bonds. The number of ether oxygens (including phenoxy) is 1. The first-order valence-electron chi connectivity index (χ1n) is 8.08. The normalized spacial score (nSPS) is 23.0. The third-order valence-corrected chi connectivity index (χ3v) is 4.67. The highest BCUT2D eigenvalue weighted by atomic mass is 16.5. The molecule has 2 atom stereocenters. The summed E-state index contributed by atoms with van der Waals surface area (Å²) in [7, 11) is 1.73. The summed E-state index contributed by atoms with van der Waals surface area (Å²) in [6, 6.07) is 7.66. The average molecular weight is 290 g/mol. The molecule has 1 saturated heterocycles. The first-order chi connectivity index (χ1) is 9.93. The minimum absolute atomic E-state index is 0.549. The predicted molar refractivity (Wildman–Crippen MR) is 90.3 cm³/mol. The van der Waals surface area contributed by atoms with E-state index in [4.69, 9.17) is 4.74 Å². The molecular formula is C18H30N2O. The van der Waals surface area contributed by atoms with Crippen molar-refractivity contribution in [2.45, 2.75) is 46.7 Å². The van der Waals surface area contributed by atoms with E-state index in [0.29, 0.717) is 23.9 Å². The van der Waals surface area contributed by atoms with Gasteiger partial charge < -0.3 is 15.0 Å². The summed E-state index contributed by atoms with van der Waals surface area (Å²) in [4.78, 5) is 2.58. The second-order valence-electron chi connectivity index (χ2n) is 6.88. The van der Waals surface area contributed by atoms with E-state index in [0.717, 1.165) is 18.8 Å². The number of nitrogens with zero attached hydrogens (tertiary/aromatic N) is 1. The van der Waals surface area contributed by atoms with Gasteiger partial charge in [-0.15, -0.1) is 0 Å². The largest absolute Gasteiger partial charge is 0.496 e. The zero-order valence-electron chi connectivity index (χ0n) is 14.3. The summed E-state index contributed by atoms with van der Waals surface area (Å²) in [6.45, 7) is 13.5. The fourth-order valence-corrected chi connectivity index (χ4v) is 3.17. The van der Waals surface area contributed by atoms with Crippen molar-refractivity contribution in [1.82, 2.24) is 5.32 Å². The van der Waals surface area contributed by atoms with E-state index in [1.807, 2.05) is 0 Å². The third-order valence-electron chi connectivity index (χ3n) is 4.67. The van der Waals surface area contributed by atoms with Crippen molar-refractivity contribution >= 4 is 5.69 Å². The van der Waals surface area contributed by atoms with E-state index < -0.39 is 0 Å². The summed E-state index contributed by atoms with van der Waals surface area (Å²) in [5, 5.41) is 3.72. The monoisotopic (exact) mass is 290 g/mol. The maximum absolute atomic E-state index is 5.39. The minimum Gasteiger partial charge on any atom is -0.496 e. The van der Waals surface area contributed by atoms with Crippen LogP contribution in [0.1, 0.15) is 33.3 Å². The number of nitrogens with one attached hydrogen (secondary N) is 1. The average Bonchev–Trinajstić information content (AvgIpc) is 2.46. The summed E-state index contributed by atoms with van der Waals surface area (Å²) >= 11 is 0. The van der Waals surface area contributed by atoms with Crippen molar-refractivity contribution in [3.05, 3.63) is 23.8 Å². The molecule has 3 heteroatoms. The van der Waals surface area contributed by atoms with Crippen LogP contribution >= 0.6 is 0 Å². The van der Waals surface area contributed by atoms with Crippen LogP contribution in [0, 0.1) is 18.8 Å². The summed E-state index contributed by atoms with van der Waals surface area (Å²) < 4.78 is 5.39. The Hall–Kier alpha value is -1.22. The highest BCUT2D eigenvalue weighted by Gasteiger charge is 2.31. The van der Waals surface area contributed by atoms with Gasteiger partial charge >= 0.3 is 0 Å². The number of methoxy groups -OCH3 is 1. The molecule has 3 nitrogen and oxygen atoms in total. The van der Waals surface area contributed by atoms with E-state index in [1.54, 1.807) is 7.11 Å². The molecule has 0 aromatic heterocycles. The lowest BCUT2D eigenvalue weighted by Crippen LogP contribution is -2.60. The second-order valence-corrected chi connectivity index (χ2v) is 6.88. The number of hydrogen-bond acceptors (Lipinski definition) is 3. The van der Waals surface area contributed by atoms with Gasteiger partial charge in [-0.2, -0.15) is 0 Å². The molecule has 0 bridgehead atoms. The van der Waals surface area contributed by atoms with Crippen LogP contribution in [0.15, 0.2) is 18.2 Å². The van der Waals surface area contributed by atoms with Crippen molar-refractivity contribution in [1.29, 1.82) is 0 Å². The van der Waals surface area contributed by atoms with Gasteiger partial charge in [-0.25, -0.2) is 0 Å². The molecule has 118 valence electrons. The van der Waals surface area contributed by atoms with Crippen LogP contribution in [0.4, 0.5) is 5.69 Å². The van der Waals surface area contributed by atoms with Crippen molar-refractivity contribution in [3.63, 3.8) is 0 Å². The van der Waals surface area contributed by atoms with Crippen LogP contribution in [0.3, 0.4) is 0 Å². The zero-order chi connectivity index (χ0) is 15.6. The van der Waals surface area contributed by atoms with Gasteiger partial charge in [0.25, 0.3) is 0 Å². The number of hydrogen-bond donors (Lipinski definition) is 1. The van der Waals surface area contributed by atoms with Gasteiger partial charge in [0.15, 0.2) is 0 Å². The van der Waals surface area contributed by atoms with Gasteiger partial charge in [0.05, 0.1) is 7.11 Å². The van der Waals surface area contributed by atoms with E-state index in [2.05, 4.69) is 63.0 Å². The Balaban J connectivity index is 2.28. The summed E-state index contributed by atoms with van der Waals surface area (Å²) in [6.07, 6.45) is 0. The summed E-state index contributed by atoms with van der Waals surface area (Å²) in [5.41, 5.74) is 2.52.